The molecule has 1 aliphatic rings. The van der Waals surface area contributed by atoms with E-state index in [1.165, 1.54) is 24.8 Å². The van der Waals surface area contributed by atoms with Crippen molar-refractivity contribution in [1.82, 2.24) is 24.9 Å². The molecule has 0 amide bonds. The summed E-state index contributed by atoms with van der Waals surface area (Å²) in [5.41, 5.74) is 12.2. The van der Waals surface area contributed by atoms with Crippen molar-refractivity contribution in [2.75, 3.05) is 5.73 Å². The van der Waals surface area contributed by atoms with Crippen molar-refractivity contribution in [2.45, 2.75) is 52.6 Å². The topological polar surface area (TPSA) is 81.1 Å². The Morgan fingerprint density at radius 1 is 1.12 bits per heavy atom. The van der Waals surface area contributed by atoms with Gasteiger partial charge < -0.3 is 11.1 Å². The summed E-state index contributed by atoms with van der Waals surface area (Å²) in [5, 5.41) is 9.34. The second-order valence-electron chi connectivity index (χ2n) is 9.47. The summed E-state index contributed by atoms with van der Waals surface area (Å²) in [7, 11) is 0. The molecule has 0 aliphatic heterocycles. The zero-order valence-electron chi connectivity index (χ0n) is 18.8. The molecule has 2 unspecified atom stereocenters. The van der Waals surface area contributed by atoms with E-state index in [9.17, 15) is 0 Å². The van der Waals surface area contributed by atoms with Gasteiger partial charge in [0.05, 0.1) is 21.9 Å². The molecule has 166 valence electrons. The third-order valence-corrected chi connectivity index (χ3v) is 7.44. The van der Waals surface area contributed by atoms with Crippen LogP contribution in [0.3, 0.4) is 0 Å². The van der Waals surface area contributed by atoms with E-state index in [1.807, 2.05) is 12.4 Å². The van der Waals surface area contributed by atoms with E-state index in [0.717, 1.165) is 49.7 Å². The van der Waals surface area contributed by atoms with Crippen molar-refractivity contribution in [1.29, 1.82) is 0 Å². The van der Waals surface area contributed by atoms with Gasteiger partial charge in [-0.05, 0) is 72.2 Å². The number of halogens is 1. The first-order valence-electron chi connectivity index (χ1n) is 11.3. The Hall–Kier alpha value is -2.51. The fourth-order valence-electron chi connectivity index (χ4n) is 5.12. The van der Waals surface area contributed by atoms with Crippen molar-refractivity contribution in [3.63, 3.8) is 0 Å². The lowest BCUT2D eigenvalue weighted by atomic mass is 9.80. The van der Waals surface area contributed by atoms with Crippen LogP contribution in [0.1, 0.15) is 44.4 Å². The van der Waals surface area contributed by atoms with Crippen molar-refractivity contribution in [2.24, 2.45) is 11.8 Å². The van der Waals surface area contributed by atoms with E-state index in [0.29, 0.717) is 18.4 Å². The van der Waals surface area contributed by atoms with Crippen LogP contribution in [-0.2, 0) is 6.54 Å². The van der Waals surface area contributed by atoms with Crippen LogP contribution < -0.4 is 11.1 Å². The predicted octanol–water partition coefficient (Wildman–Crippen LogP) is 5.51. The summed E-state index contributed by atoms with van der Waals surface area (Å²) in [5.74, 6) is 2.07. The number of hydrogen-bond acceptors (Lipinski definition) is 5. The molecule has 32 heavy (non-hydrogen) atoms. The van der Waals surface area contributed by atoms with Gasteiger partial charge in [-0.2, -0.15) is 9.61 Å². The lowest BCUT2D eigenvalue weighted by molar-refractivity contribution is 0.237. The van der Waals surface area contributed by atoms with Crippen molar-refractivity contribution < 1.29 is 0 Å². The van der Waals surface area contributed by atoms with Crippen LogP contribution in [0.15, 0.2) is 41.1 Å². The largest absolute Gasteiger partial charge is 0.383 e. The van der Waals surface area contributed by atoms with Crippen molar-refractivity contribution >= 4 is 38.3 Å². The van der Waals surface area contributed by atoms with Gasteiger partial charge in [-0.3, -0.25) is 4.98 Å². The Bertz CT molecular complexity index is 1290. The average Bonchev–Trinajstić information content (AvgIpc) is 3.18. The highest BCUT2D eigenvalue weighted by atomic mass is 79.9. The van der Waals surface area contributed by atoms with E-state index in [2.05, 4.69) is 76.4 Å². The van der Waals surface area contributed by atoms with Crippen LogP contribution in [0, 0.1) is 18.8 Å². The minimum atomic E-state index is 0.511. The number of nitrogens with two attached hydrogens (primary N) is 1. The molecule has 3 aromatic heterocycles. The van der Waals surface area contributed by atoms with Crippen LogP contribution in [-0.4, -0.2) is 25.6 Å². The molecule has 4 aromatic rings. The standard InChI is InChI=1S/C25H29BrN6/c1-14-4-5-21-17(7-14)10-18(11-29-21)20-12-30-32-24(27)23(26)22(31-25(20)32)13-28-19-8-15(2)6-16(3)9-19/h4-5,7,10-12,15-16,19,28H,6,8-9,13,27H2,1-3H3. The van der Waals surface area contributed by atoms with E-state index in [-0.39, 0.29) is 0 Å². The molecule has 0 saturated heterocycles. The minimum Gasteiger partial charge on any atom is -0.383 e. The number of rotatable bonds is 4. The van der Waals surface area contributed by atoms with Gasteiger partial charge in [0.2, 0.25) is 0 Å². The zero-order chi connectivity index (χ0) is 22.4. The summed E-state index contributed by atoms with van der Waals surface area (Å²) in [6.45, 7) is 7.46. The molecular formula is C25H29BrN6. The summed E-state index contributed by atoms with van der Waals surface area (Å²) >= 11 is 3.66. The Morgan fingerprint density at radius 2 is 1.91 bits per heavy atom. The van der Waals surface area contributed by atoms with Gasteiger partial charge in [0.1, 0.15) is 5.82 Å². The number of nitrogens with one attached hydrogen (secondary N) is 1. The Morgan fingerprint density at radius 3 is 2.69 bits per heavy atom. The smallest absolute Gasteiger partial charge is 0.165 e. The SMILES string of the molecule is Cc1ccc2ncc(-c3cnn4c(N)c(Br)c(CNC5CC(C)CC(C)C5)nc34)cc2c1. The number of benzene rings is 1. The maximum Gasteiger partial charge on any atom is 0.165 e. The van der Waals surface area contributed by atoms with Crippen LogP contribution in [0.5, 0.6) is 0 Å². The third-order valence-electron chi connectivity index (χ3n) is 6.58. The van der Waals surface area contributed by atoms with Crippen molar-refractivity contribution in [3.8, 4) is 11.1 Å². The fourth-order valence-corrected chi connectivity index (χ4v) is 5.51. The quantitative estimate of drug-likeness (QED) is 0.392. The number of aromatic nitrogens is 4. The van der Waals surface area contributed by atoms with E-state index in [4.69, 9.17) is 10.7 Å². The van der Waals surface area contributed by atoms with E-state index < -0.39 is 0 Å². The maximum absolute atomic E-state index is 6.44. The van der Waals surface area contributed by atoms with Crippen molar-refractivity contribution in [3.05, 3.63) is 52.4 Å². The number of aryl methyl sites for hydroxylation is 1. The number of anilines is 1. The molecule has 7 heteroatoms. The average molecular weight is 493 g/mol. The molecular weight excluding hydrogens is 464 g/mol. The summed E-state index contributed by atoms with van der Waals surface area (Å²) in [6.07, 6.45) is 7.44. The Balaban J connectivity index is 1.50. The van der Waals surface area contributed by atoms with E-state index >= 15 is 0 Å². The van der Waals surface area contributed by atoms with Gasteiger partial charge in [-0.25, -0.2) is 4.98 Å². The van der Waals surface area contributed by atoms with Gasteiger partial charge in [0.25, 0.3) is 0 Å². The van der Waals surface area contributed by atoms with Gasteiger partial charge >= 0.3 is 0 Å². The maximum atomic E-state index is 6.44. The summed E-state index contributed by atoms with van der Waals surface area (Å²) in [6, 6.07) is 8.94. The van der Waals surface area contributed by atoms with Gasteiger partial charge in [0, 0.05) is 35.3 Å². The number of nitrogens with zero attached hydrogens (tertiary/aromatic N) is 4. The lowest BCUT2D eigenvalue weighted by Gasteiger charge is -2.32. The fraction of sp³-hybridized carbons (Fsp3) is 0.400. The highest BCUT2D eigenvalue weighted by Gasteiger charge is 2.24. The van der Waals surface area contributed by atoms with Crippen LogP contribution in [0.25, 0.3) is 27.7 Å². The second-order valence-corrected chi connectivity index (χ2v) is 10.3. The van der Waals surface area contributed by atoms with Gasteiger partial charge in [-0.15, -0.1) is 0 Å². The first-order chi connectivity index (χ1) is 15.4. The molecule has 1 fully saturated rings. The highest BCUT2D eigenvalue weighted by Crippen LogP contribution is 2.32. The molecule has 0 bridgehead atoms. The monoisotopic (exact) mass is 492 g/mol. The van der Waals surface area contributed by atoms with Crippen LogP contribution >= 0.6 is 15.9 Å². The Kier molecular flexibility index (Phi) is 5.63. The molecule has 0 radical (unpaired) electrons. The third kappa shape index (κ3) is 3.99. The highest BCUT2D eigenvalue weighted by molar-refractivity contribution is 9.10. The summed E-state index contributed by atoms with van der Waals surface area (Å²) in [4.78, 5) is 9.62. The molecule has 6 nitrogen and oxygen atoms in total. The lowest BCUT2D eigenvalue weighted by Crippen LogP contribution is -2.36. The number of fused-ring (bicyclic) bond motifs is 2. The van der Waals surface area contributed by atoms with Crippen LogP contribution in [0.2, 0.25) is 0 Å². The van der Waals surface area contributed by atoms with E-state index in [1.54, 1.807) is 4.52 Å². The molecule has 1 aliphatic carbocycles. The molecule has 1 aromatic carbocycles. The number of hydrogen-bond donors (Lipinski definition) is 2. The number of pyridine rings is 1. The Labute approximate surface area is 196 Å². The van der Waals surface area contributed by atoms with Gasteiger partial charge in [0.15, 0.2) is 5.65 Å². The summed E-state index contributed by atoms with van der Waals surface area (Å²) < 4.78 is 2.50. The first-order valence-corrected chi connectivity index (χ1v) is 12.1. The molecule has 0 spiro atoms. The normalized spacial score (nSPS) is 21.4. The molecule has 5 rings (SSSR count). The molecule has 3 N–H and O–H groups in total. The minimum absolute atomic E-state index is 0.511. The first kappa shape index (κ1) is 21.3. The zero-order valence-corrected chi connectivity index (χ0v) is 20.4. The molecule has 3 heterocycles. The second kappa shape index (κ2) is 8.45. The van der Waals surface area contributed by atoms with Gasteiger partial charge in [-0.1, -0.05) is 25.5 Å². The molecule has 1 saturated carbocycles. The predicted molar refractivity (Wildman–Crippen MR) is 133 cm³/mol. The van der Waals surface area contributed by atoms with Crippen LogP contribution in [0.4, 0.5) is 5.82 Å². The number of nitrogen functional groups attached to an aromatic ring is 1. The molecule has 2 atom stereocenters.